The van der Waals surface area contributed by atoms with Gasteiger partial charge in [-0.25, -0.2) is 9.78 Å². The predicted molar refractivity (Wildman–Crippen MR) is 132 cm³/mol. The van der Waals surface area contributed by atoms with Gasteiger partial charge in [-0.2, -0.15) is 13.2 Å². The fourth-order valence-corrected chi connectivity index (χ4v) is 4.81. The summed E-state index contributed by atoms with van der Waals surface area (Å²) in [4.78, 5) is 19.5. The van der Waals surface area contributed by atoms with Gasteiger partial charge in [0.05, 0.1) is 24.4 Å². The second-order valence-electron chi connectivity index (χ2n) is 8.12. The first-order chi connectivity index (χ1) is 16.5. The van der Waals surface area contributed by atoms with E-state index in [0.29, 0.717) is 29.5 Å². The summed E-state index contributed by atoms with van der Waals surface area (Å²) >= 11 is 1.48. The molecule has 1 heterocycles. The zero-order chi connectivity index (χ0) is 25.8. The molecule has 2 aromatic carbocycles. The highest BCUT2D eigenvalue weighted by Gasteiger charge is 2.30. The number of rotatable bonds is 9. The summed E-state index contributed by atoms with van der Waals surface area (Å²) in [5.41, 5.74) is 3.67. The molecular weight excluding hydrogens is 477 g/mol. The fourth-order valence-electron chi connectivity index (χ4n) is 3.73. The lowest BCUT2D eigenvalue weighted by atomic mass is 10.1. The molecule has 0 aliphatic carbocycles. The number of anilines is 1. The molecule has 35 heavy (non-hydrogen) atoms. The highest BCUT2D eigenvalue weighted by Crippen LogP contribution is 2.35. The molecule has 0 radical (unpaired) electrons. The number of alkyl halides is 3. The van der Waals surface area contributed by atoms with Crippen LogP contribution in [-0.2, 0) is 22.3 Å². The summed E-state index contributed by atoms with van der Waals surface area (Å²) in [6.07, 6.45) is -4.36. The van der Waals surface area contributed by atoms with Gasteiger partial charge >= 0.3 is 12.1 Å². The normalized spacial score (nSPS) is 11.4. The summed E-state index contributed by atoms with van der Waals surface area (Å²) in [7, 11) is 0. The molecule has 0 aliphatic heterocycles. The van der Waals surface area contributed by atoms with Crippen molar-refractivity contribution in [2.45, 2.75) is 47.3 Å². The highest BCUT2D eigenvalue weighted by molar-refractivity contribution is 7.15. The number of esters is 1. The molecule has 188 valence electrons. The molecule has 3 aromatic rings. The summed E-state index contributed by atoms with van der Waals surface area (Å²) < 4.78 is 49.3. The Hall–Kier alpha value is -3.07. The Bertz CT molecular complexity index is 1150. The lowest BCUT2D eigenvalue weighted by Gasteiger charge is -2.25. The molecule has 3 rings (SSSR count). The maximum Gasteiger partial charge on any atom is 0.416 e. The second-order valence-corrected chi connectivity index (χ2v) is 9.20. The number of carbonyl (C=O) groups excluding carboxylic acids is 1. The van der Waals surface area contributed by atoms with Crippen molar-refractivity contribution in [3.63, 3.8) is 0 Å². The topological polar surface area (TPSA) is 51.7 Å². The van der Waals surface area contributed by atoms with E-state index in [1.54, 1.807) is 6.92 Å². The van der Waals surface area contributed by atoms with E-state index < -0.39 is 17.7 Å². The minimum atomic E-state index is -4.36. The highest BCUT2D eigenvalue weighted by atomic mass is 32.1. The van der Waals surface area contributed by atoms with E-state index in [0.717, 1.165) is 46.1 Å². The van der Waals surface area contributed by atoms with Crippen LogP contribution >= 0.6 is 11.3 Å². The number of ether oxygens (including phenoxy) is 2. The molecule has 0 atom stereocenters. The predicted octanol–water partition coefficient (Wildman–Crippen LogP) is 6.72. The number of halogens is 3. The molecule has 5 nitrogen and oxygen atoms in total. The van der Waals surface area contributed by atoms with Gasteiger partial charge in [-0.05, 0) is 70.0 Å². The van der Waals surface area contributed by atoms with E-state index in [1.165, 1.54) is 23.5 Å². The van der Waals surface area contributed by atoms with Crippen LogP contribution in [0.25, 0.3) is 10.6 Å². The molecule has 0 spiro atoms. The molecule has 0 bridgehead atoms. The van der Waals surface area contributed by atoms with Gasteiger partial charge in [-0.3, -0.25) is 0 Å². The van der Waals surface area contributed by atoms with Gasteiger partial charge in [-0.1, -0.05) is 12.1 Å². The number of thiazole rings is 1. The van der Waals surface area contributed by atoms with Gasteiger partial charge in [0.25, 0.3) is 0 Å². The first-order valence-corrected chi connectivity index (χ1v) is 12.1. The van der Waals surface area contributed by atoms with Crippen molar-refractivity contribution < 1.29 is 27.4 Å². The number of aromatic nitrogens is 1. The van der Waals surface area contributed by atoms with Crippen LogP contribution in [0, 0.1) is 20.8 Å². The molecule has 0 saturated carbocycles. The van der Waals surface area contributed by atoms with Crippen molar-refractivity contribution in [3.8, 4) is 16.3 Å². The van der Waals surface area contributed by atoms with Crippen molar-refractivity contribution >= 4 is 23.0 Å². The average molecular weight is 507 g/mol. The Morgan fingerprint density at radius 1 is 1.06 bits per heavy atom. The lowest BCUT2D eigenvalue weighted by Crippen LogP contribution is -2.22. The Morgan fingerprint density at radius 3 is 2.23 bits per heavy atom. The van der Waals surface area contributed by atoms with Crippen LogP contribution < -0.4 is 9.64 Å². The van der Waals surface area contributed by atoms with Gasteiger partial charge < -0.3 is 14.4 Å². The van der Waals surface area contributed by atoms with Crippen LogP contribution in [0.4, 0.5) is 18.9 Å². The molecule has 0 unspecified atom stereocenters. The smallest absolute Gasteiger partial charge is 0.416 e. The first kappa shape index (κ1) is 26.5. The van der Waals surface area contributed by atoms with Gasteiger partial charge in [0.1, 0.15) is 10.8 Å². The second kappa shape index (κ2) is 11.1. The van der Waals surface area contributed by atoms with Crippen molar-refractivity contribution in [1.29, 1.82) is 0 Å². The van der Waals surface area contributed by atoms with Crippen LogP contribution in [0.3, 0.4) is 0 Å². The van der Waals surface area contributed by atoms with Crippen molar-refractivity contribution in [2.75, 3.05) is 24.7 Å². The molecular formula is C26H29F3N2O3S. The fraction of sp³-hybridized carbons (Fsp3) is 0.385. The average Bonchev–Trinajstić information content (AvgIpc) is 3.16. The Kier molecular flexibility index (Phi) is 8.43. The maximum atomic E-state index is 12.9. The maximum absolute atomic E-state index is 12.9. The number of benzene rings is 2. The van der Waals surface area contributed by atoms with Crippen LogP contribution in [0.2, 0.25) is 0 Å². The van der Waals surface area contributed by atoms with Crippen LogP contribution in [-0.4, -0.2) is 30.7 Å². The zero-order valence-electron chi connectivity index (χ0n) is 20.5. The monoisotopic (exact) mass is 506 g/mol. The third-order valence-electron chi connectivity index (χ3n) is 5.52. The number of carbonyl (C=O) groups is 1. The molecule has 0 saturated heterocycles. The van der Waals surface area contributed by atoms with E-state index in [9.17, 15) is 18.0 Å². The van der Waals surface area contributed by atoms with E-state index in [-0.39, 0.29) is 6.61 Å². The summed E-state index contributed by atoms with van der Waals surface area (Å²) in [6, 6.07) is 9.13. The molecule has 0 fully saturated rings. The standard InChI is InChI=1S/C26H29F3N2O3S/c1-6-31(21-12-16(3)24(17(4)13-21)34-15-23(32)33-7-2)14-22-18(5)30-25(35-22)19-8-10-20(11-9-19)26(27,28)29/h8-13H,6-7,14-15H2,1-5H3. The first-order valence-electron chi connectivity index (χ1n) is 11.3. The Labute approximate surface area is 207 Å². The third kappa shape index (κ3) is 6.54. The van der Waals surface area contributed by atoms with E-state index >= 15 is 0 Å². The number of hydrogen-bond donors (Lipinski definition) is 0. The van der Waals surface area contributed by atoms with Crippen molar-refractivity contribution in [3.05, 3.63) is 63.7 Å². The third-order valence-corrected chi connectivity index (χ3v) is 6.71. The number of aryl methyl sites for hydroxylation is 3. The largest absolute Gasteiger partial charge is 0.481 e. The summed E-state index contributed by atoms with van der Waals surface area (Å²) in [5.74, 6) is 0.256. The SMILES string of the molecule is CCOC(=O)COc1c(C)cc(N(CC)Cc2sc(-c3ccc(C(F)(F)F)cc3)nc2C)cc1C. The molecule has 0 amide bonds. The van der Waals surface area contributed by atoms with Gasteiger partial charge in [0.15, 0.2) is 6.61 Å². The lowest BCUT2D eigenvalue weighted by molar-refractivity contribution is -0.145. The van der Waals surface area contributed by atoms with Crippen LogP contribution in [0.5, 0.6) is 5.75 Å². The minimum absolute atomic E-state index is 0.140. The van der Waals surface area contributed by atoms with E-state index in [1.807, 2.05) is 32.9 Å². The van der Waals surface area contributed by atoms with Gasteiger partial charge in [0, 0.05) is 22.7 Å². The van der Waals surface area contributed by atoms with Crippen LogP contribution in [0.1, 0.15) is 41.1 Å². The molecule has 0 aliphatic rings. The Balaban J connectivity index is 1.78. The minimum Gasteiger partial charge on any atom is -0.481 e. The van der Waals surface area contributed by atoms with Crippen molar-refractivity contribution in [1.82, 2.24) is 4.98 Å². The molecule has 9 heteroatoms. The summed E-state index contributed by atoms with van der Waals surface area (Å²) in [5, 5.41) is 0.692. The van der Waals surface area contributed by atoms with Gasteiger partial charge in [0.2, 0.25) is 0 Å². The Morgan fingerprint density at radius 2 is 1.69 bits per heavy atom. The molecule has 0 N–H and O–H groups in total. The summed E-state index contributed by atoms with van der Waals surface area (Å²) in [6.45, 7) is 11.1. The van der Waals surface area contributed by atoms with Crippen LogP contribution in [0.15, 0.2) is 36.4 Å². The van der Waals surface area contributed by atoms with Crippen molar-refractivity contribution in [2.24, 2.45) is 0 Å². The zero-order valence-corrected chi connectivity index (χ0v) is 21.3. The van der Waals surface area contributed by atoms with Gasteiger partial charge in [-0.15, -0.1) is 11.3 Å². The number of hydrogen-bond acceptors (Lipinski definition) is 6. The quantitative estimate of drug-likeness (QED) is 0.302. The van der Waals surface area contributed by atoms with E-state index in [4.69, 9.17) is 9.47 Å². The molecule has 1 aromatic heterocycles. The number of nitrogens with zero attached hydrogens (tertiary/aromatic N) is 2. The van der Waals surface area contributed by atoms with E-state index in [2.05, 4.69) is 16.8 Å².